The third-order valence-electron chi connectivity index (χ3n) is 3.19. The molecule has 0 aromatic heterocycles. The molecule has 0 heterocycles. The minimum absolute atomic E-state index is 0.134. The van der Waals surface area contributed by atoms with Crippen molar-refractivity contribution in [2.75, 3.05) is 33.7 Å². The Balaban J connectivity index is 2.99. The highest BCUT2D eigenvalue weighted by atomic mass is 32.2. The number of aliphatic hydroxyl groups is 2. The summed E-state index contributed by atoms with van der Waals surface area (Å²) in [4.78, 5) is 1.06. The van der Waals surface area contributed by atoms with Crippen LogP contribution in [0.15, 0.2) is 17.0 Å². The van der Waals surface area contributed by atoms with Crippen molar-refractivity contribution < 1.29 is 19.7 Å². The van der Waals surface area contributed by atoms with Crippen molar-refractivity contribution in [3.05, 3.63) is 17.7 Å². The highest BCUT2D eigenvalue weighted by Gasteiger charge is 2.22. The summed E-state index contributed by atoms with van der Waals surface area (Å²) in [6, 6.07) is 3.84. The van der Waals surface area contributed by atoms with Gasteiger partial charge in [-0.3, -0.25) is 0 Å². The number of thioether (sulfide) groups is 1. The van der Waals surface area contributed by atoms with Crippen LogP contribution in [0.5, 0.6) is 11.5 Å². The van der Waals surface area contributed by atoms with E-state index in [-0.39, 0.29) is 13.2 Å². The van der Waals surface area contributed by atoms with E-state index in [1.54, 1.807) is 32.9 Å². The van der Waals surface area contributed by atoms with Crippen molar-refractivity contribution in [2.45, 2.75) is 23.9 Å². The van der Waals surface area contributed by atoms with Crippen LogP contribution in [0.2, 0.25) is 0 Å². The predicted octanol–water partition coefficient (Wildman–Crippen LogP) is 1.26. The van der Waals surface area contributed by atoms with E-state index in [4.69, 9.17) is 9.47 Å². The zero-order chi connectivity index (χ0) is 15.2. The van der Waals surface area contributed by atoms with Gasteiger partial charge < -0.3 is 25.0 Å². The maximum Gasteiger partial charge on any atom is 0.161 e. The van der Waals surface area contributed by atoms with Crippen LogP contribution < -0.4 is 14.8 Å². The normalized spacial score (nSPS) is 11.5. The minimum Gasteiger partial charge on any atom is -0.493 e. The molecule has 0 amide bonds. The van der Waals surface area contributed by atoms with Gasteiger partial charge in [-0.05, 0) is 30.9 Å². The number of hydrogen-bond donors (Lipinski definition) is 3. The molecular weight excluding hydrogens is 278 g/mol. The average molecular weight is 301 g/mol. The lowest BCUT2D eigenvalue weighted by atomic mass is 10.0. The lowest BCUT2D eigenvalue weighted by Gasteiger charge is -2.27. The fourth-order valence-electron chi connectivity index (χ4n) is 1.70. The number of nitrogens with one attached hydrogen (secondary N) is 1. The Morgan fingerprint density at radius 1 is 1.15 bits per heavy atom. The first-order chi connectivity index (χ1) is 9.53. The van der Waals surface area contributed by atoms with Crippen LogP contribution in [0, 0.1) is 0 Å². The van der Waals surface area contributed by atoms with Gasteiger partial charge >= 0.3 is 0 Å². The molecule has 0 radical (unpaired) electrons. The number of methoxy groups -OCH3 is 2. The molecule has 1 rings (SSSR count). The standard InChI is InChI=1S/C14H23NO4S/c1-14(8-16,9-17)15-7-10-5-11(18-2)12(19-3)6-13(10)20-4/h5-6,15-17H,7-9H2,1-4H3. The van der Waals surface area contributed by atoms with Crippen LogP contribution in [0.1, 0.15) is 12.5 Å². The van der Waals surface area contributed by atoms with E-state index >= 15 is 0 Å². The maximum absolute atomic E-state index is 9.30. The quantitative estimate of drug-likeness (QED) is 0.628. The Morgan fingerprint density at radius 3 is 2.15 bits per heavy atom. The second-order valence-electron chi connectivity index (χ2n) is 4.75. The van der Waals surface area contributed by atoms with Gasteiger partial charge in [-0.25, -0.2) is 0 Å². The SMILES string of the molecule is COc1cc(CNC(C)(CO)CO)c(SC)cc1OC. The Kier molecular flexibility index (Phi) is 6.61. The Labute approximate surface area is 124 Å². The minimum atomic E-state index is -0.706. The van der Waals surface area contributed by atoms with Crippen molar-refractivity contribution in [1.29, 1.82) is 0 Å². The van der Waals surface area contributed by atoms with E-state index < -0.39 is 5.54 Å². The lowest BCUT2D eigenvalue weighted by molar-refractivity contribution is 0.103. The molecule has 114 valence electrons. The Bertz CT molecular complexity index is 435. The molecular formula is C14H23NO4S. The lowest BCUT2D eigenvalue weighted by Crippen LogP contribution is -2.48. The number of hydrogen-bond acceptors (Lipinski definition) is 6. The summed E-state index contributed by atoms with van der Waals surface area (Å²) in [6.45, 7) is 2.03. The van der Waals surface area contributed by atoms with E-state index in [9.17, 15) is 10.2 Å². The first-order valence-electron chi connectivity index (χ1n) is 6.29. The molecule has 0 aliphatic rings. The molecule has 0 unspecified atom stereocenters. The molecule has 5 nitrogen and oxygen atoms in total. The average Bonchev–Trinajstić information content (AvgIpc) is 2.51. The van der Waals surface area contributed by atoms with Crippen molar-refractivity contribution in [1.82, 2.24) is 5.32 Å². The zero-order valence-electron chi connectivity index (χ0n) is 12.4. The molecule has 1 aromatic carbocycles. The molecule has 0 bridgehead atoms. The topological polar surface area (TPSA) is 71.0 Å². The smallest absolute Gasteiger partial charge is 0.161 e. The molecule has 20 heavy (non-hydrogen) atoms. The molecule has 6 heteroatoms. The van der Waals surface area contributed by atoms with E-state index in [1.165, 1.54) is 0 Å². The second-order valence-corrected chi connectivity index (χ2v) is 5.60. The van der Waals surface area contributed by atoms with Crippen molar-refractivity contribution in [3.8, 4) is 11.5 Å². The van der Waals surface area contributed by atoms with Crippen LogP contribution in [-0.4, -0.2) is 49.4 Å². The summed E-state index contributed by atoms with van der Waals surface area (Å²) in [5.41, 5.74) is 0.325. The molecule has 0 aliphatic heterocycles. The van der Waals surface area contributed by atoms with Crippen molar-refractivity contribution in [3.63, 3.8) is 0 Å². The maximum atomic E-state index is 9.30. The summed E-state index contributed by atoms with van der Waals surface area (Å²) >= 11 is 1.61. The van der Waals surface area contributed by atoms with Gasteiger partial charge in [0.25, 0.3) is 0 Å². The largest absolute Gasteiger partial charge is 0.493 e. The first kappa shape index (κ1) is 17.1. The van der Waals surface area contributed by atoms with Crippen LogP contribution >= 0.6 is 11.8 Å². The fraction of sp³-hybridized carbons (Fsp3) is 0.571. The van der Waals surface area contributed by atoms with Crippen LogP contribution in [-0.2, 0) is 6.54 Å². The van der Waals surface area contributed by atoms with Crippen LogP contribution in [0.3, 0.4) is 0 Å². The molecule has 0 spiro atoms. The van der Waals surface area contributed by atoms with Gasteiger partial charge in [-0.1, -0.05) is 0 Å². The van der Waals surface area contributed by atoms with E-state index in [0.29, 0.717) is 18.0 Å². The third kappa shape index (κ3) is 4.02. The van der Waals surface area contributed by atoms with Crippen molar-refractivity contribution >= 4 is 11.8 Å². The highest BCUT2D eigenvalue weighted by Crippen LogP contribution is 2.34. The fourth-order valence-corrected chi connectivity index (χ4v) is 2.32. The molecule has 0 aliphatic carbocycles. The van der Waals surface area contributed by atoms with Crippen LogP contribution in [0.25, 0.3) is 0 Å². The van der Waals surface area contributed by atoms with Crippen molar-refractivity contribution in [2.24, 2.45) is 0 Å². The summed E-state index contributed by atoms with van der Waals surface area (Å²) in [5.74, 6) is 1.35. The Hall–Kier alpha value is -0.950. The molecule has 1 aromatic rings. The molecule has 3 N–H and O–H groups in total. The van der Waals surface area contributed by atoms with E-state index in [1.807, 2.05) is 18.4 Å². The van der Waals surface area contributed by atoms with Gasteiger partial charge in [0.1, 0.15) is 0 Å². The first-order valence-corrected chi connectivity index (χ1v) is 7.51. The van der Waals surface area contributed by atoms with Gasteiger partial charge in [-0.2, -0.15) is 0 Å². The summed E-state index contributed by atoms with van der Waals surface area (Å²) in [5, 5.41) is 21.8. The molecule has 0 atom stereocenters. The van der Waals surface area contributed by atoms with Gasteiger partial charge in [0, 0.05) is 11.4 Å². The number of rotatable bonds is 8. The second kappa shape index (κ2) is 7.73. The molecule has 0 saturated carbocycles. The van der Waals surface area contributed by atoms with E-state index in [2.05, 4.69) is 5.32 Å². The summed E-state index contributed by atoms with van der Waals surface area (Å²) in [7, 11) is 3.20. The van der Waals surface area contributed by atoms with E-state index in [0.717, 1.165) is 10.5 Å². The predicted molar refractivity (Wildman–Crippen MR) is 80.7 cm³/mol. The van der Waals surface area contributed by atoms with Gasteiger partial charge in [0.15, 0.2) is 11.5 Å². The zero-order valence-corrected chi connectivity index (χ0v) is 13.2. The highest BCUT2D eigenvalue weighted by molar-refractivity contribution is 7.98. The van der Waals surface area contributed by atoms with Gasteiger partial charge in [0.2, 0.25) is 0 Å². The molecule has 0 fully saturated rings. The summed E-state index contributed by atoms with van der Waals surface area (Å²) in [6.07, 6.45) is 1.99. The number of ether oxygens (including phenoxy) is 2. The van der Waals surface area contributed by atoms with Gasteiger partial charge in [0.05, 0.1) is 33.0 Å². The van der Waals surface area contributed by atoms with Crippen LogP contribution in [0.4, 0.5) is 0 Å². The summed E-state index contributed by atoms with van der Waals surface area (Å²) < 4.78 is 10.6. The molecule has 0 saturated heterocycles. The Morgan fingerprint density at radius 2 is 1.70 bits per heavy atom. The number of aliphatic hydroxyl groups excluding tert-OH is 2. The van der Waals surface area contributed by atoms with Gasteiger partial charge in [-0.15, -0.1) is 11.8 Å². The monoisotopic (exact) mass is 301 g/mol. The third-order valence-corrected chi connectivity index (χ3v) is 4.01. The number of benzene rings is 1.